The summed E-state index contributed by atoms with van der Waals surface area (Å²) in [5.41, 5.74) is 0.0938. The third-order valence-corrected chi connectivity index (χ3v) is 5.76. The predicted molar refractivity (Wildman–Crippen MR) is 126 cm³/mol. The lowest BCUT2D eigenvalue weighted by atomic mass is 10.2. The van der Waals surface area contributed by atoms with Crippen molar-refractivity contribution in [3.63, 3.8) is 0 Å². The van der Waals surface area contributed by atoms with Gasteiger partial charge in [0.25, 0.3) is 5.56 Å². The van der Waals surface area contributed by atoms with Crippen LogP contribution in [0, 0.1) is 0 Å². The second kappa shape index (κ2) is 9.33. The van der Waals surface area contributed by atoms with Crippen LogP contribution < -0.4 is 10.9 Å². The fraction of sp³-hybridized carbons (Fsp3) is 0.200. The van der Waals surface area contributed by atoms with Gasteiger partial charge >= 0.3 is 6.18 Å². The Hall–Kier alpha value is -4.41. The number of anilines is 1. The molecule has 0 radical (unpaired) electrons. The lowest BCUT2D eigenvalue weighted by Gasteiger charge is -2.10. The molecule has 0 atom stereocenters. The van der Waals surface area contributed by atoms with Crippen molar-refractivity contribution in [2.24, 2.45) is 0 Å². The van der Waals surface area contributed by atoms with Crippen molar-refractivity contribution in [2.75, 3.05) is 5.32 Å². The molecule has 0 aliphatic heterocycles. The van der Waals surface area contributed by atoms with Crippen LogP contribution in [-0.4, -0.2) is 25.0 Å². The van der Waals surface area contributed by atoms with Crippen molar-refractivity contribution in [3.05, 3.63) is 88.9 Å². The molecule has 0 unspecified atom stereocenters. The summed E-state index contributed by atoms with van der Waals surface area (Å²) in [5.74, 6) is 0.270. The van der Waals surface area contributed by atoms with Gasteiger partial charge in [0.2, 0.25) is 11.9 Å². The first kappa shape index (κ1) is 23.3. The molecule has 8 nitrogen and oxygen atoms in total. The predicted octanol–water partition coefficient (Wildman–Crippen LogP) is 4.83. The fourth-order valence-corrected chi connectivity index (χ4v) is 3.98. The molecular formula is C25H20F3N5O3. The Morgan fingerprint density at radius 2 is 1.89 bits per heavy atom. The number of carbonyl (C=O) groups is 1. The van der Waals surface area contributed by atoms with E-state index in [-0.39, 0.29) is 42.4 Å². The molecule has 1 amide bonds. The van der Waals surface area contributed by atoms with E-state index >= 15 is 0 Å². The van der Waals surface area contributed by atoms with E-state index < -0.39 is 11.7 Å². The van der Waals surface area contributed by atoms with Gasteiger partial charge in [-0.2, -0.15) is 13.2 Å². The smallest absolute Gasteiger partial charge is 0.416 e. The molecule has 11 heteroatoms. The third kappa shape index (κ3) is 4.72. The highest BCUT2D eigenvalue weighted by Crippen LogP contribution is 2.32. The van der Waals surface area contributed by atoms with E-state index in [2.05, 4.69) is 15.3 Å². The Morgan fingerprint density at radius 3 is 2.67 bits per heavy atom. The van der Waals surface area contributed by atoms with E-state index in [0.29, 0.717) is 28.6 Å². The van der Waals surface area contributed by atoms with E-state index in [4.69, 9.17) is 4.42 Å². The van der Waals surface area contributed by atoms with E-state index in [9.17, 15) is 22.8 Å². The first-order chi connectivity index (χ1) is 17.3. The number of nitrogens with one attached hydrogen (secondary N) is 1. The van der Waals surface area contributed by atoms with Crippen molar-refractivity contribution < 1.29 is 22.4 Å². The Balaban J connectivity index is 1.33. The fourth-order valence-electron chi connectivity index (χ4n) is 3.98. The first-order valence-corrected chi connectivity index (χ1v) is 11.1. The zero-order chi connectivity index (χ0) is 25.3. The maximum Gasteiger partial charge on any atom is 0.416 e. The van der Waals surface area contributed by atoms with Gasteiger partial charge in [0.05, 0.1) is 46.6 Å². The highest BCUT2D eigenvalue weighted by atomic mass is 19.4. The van der Waals surface area contributed by atoms with Gasteiger partial charge in [-0.05, 0) is 48.9 Å². The SMILES string of the molecule is O=C(CCCn1cnc2ccccc2c1=O)Nc1nc2cc(C(F)(F)F)ccc2n1Cc1ccco1. The lowest BCUT2D eigenvalue weighted by molar-refractivity contribution is -0.137. The number of amides is 1. The molecule has 0 saturated heterocycles. The molecule has 0 saturated carbocycles. The Morgan fingerprint density at radius 1 is 1.06 bits per heavy atom. The molecule has 3 heterocycles. The molecule has 36 heavy (non-hydrogen) atoms. The lowest BCUT2D eigenvalue weighted by Crippen LogP contribution is -2.22. The molecule has 1 N–H and O–H groups in total. The van der Waals surface area contributed by atoms with Crippen molar-refractivity contribution >= 4 is 33.8 Å². The molecule has 0 fully saturated rings. The topological polar surface area (TPSA) is 95.0 Å². The number of aromatic nitrogens is 4. The molecule has 0 spiro atoms. The Bertz CT molecular complexity index is 1600. The zero-order valence-electron chi connectivity index (χ0n) is 18.8. The first-order valence-electron chi connectivity index (χ1n) is 11.1. The number of rotatable bonds is 7. The maximum atomic E-state index is 13.2. The second-order valence-electron chi connectivity index (χ2n) is 8.21. The van der Waals surface area contributed by atoms with Crippen molar-refractivity contribution in [3.8, 4) is 0 Å². The number of fused-ring (bicyclic) bond motifs is 2. The minimum Gasteiger partial charge on any atom is -0.467 e. The van der Waals surface area contributed by atoms with Gasteiger partial charge in [-0.25, -0.2) is 9.97 Å². The number of aryl methyl sites for hydroxylation is 1. The average molecular weight is 495 g/mol. The van der Waals surface area contributed by atoms with Crippen LogP contribution in [0.1, 0.15) is 24.2 Å². The summed E-state index contributed by atoms with van der Waals surface area (Å²) in [6.07, 6.45) is -1.17. The van der Waals surface area contributed by atoms with Gasteiger partial charge in [0, 0.05) is 13.0 Å². The molecule has 5 aromatic rings. The van der Waals surface area contributed by atoms with E-state index in [1.165, 1.54) is 23.2 Å². The molecule has 3 aromatic heterocycles. The molecule has 184 valence electrons. The molecular weight excluding hydrogens is 475 g/mol. The largest absolute Gasteiger partial charge is 0.467 e. The number of alkyl halides is 3. The number of furan rings is 1. The third-order valence-electron chi connectivity index (χ3n) is 5.76. The molecule has 0 bridgehead atoms. The number of hydrogen-bond acceptors (Lipinski definition) is 5. The summed E-state index contributed by atoms with van der Waals surface area (Å²) >= 11 is 0. The number of para-hydroxylation sites is 1. The van der Waals surface area contributed by atoms with Crippen LogP contribution in [-0.2, 0) is 24.1 Å². The van der Waals surface area contributed by atoms with Gasteiger partial charge in [0.15, 0.2) is 0 Å². The standard InChI is InChI=1S/C25H20F3N5O3/c26-25(27,28)16-9-10-21-20(13-16)30-24(33(21)14-17-5-4-12-36-17)31-22(34)8-3-11-32-15-29-19-7-2-1-6-18(19)23(32)35/h1-2,4-7,9-10,12-13,15H,3,8,11,14H2,(H,30,31,34). The number of nitrogens with zero attached hydrogens (tertiary/aromatic N) is 4. The van der Waals surface area contributed by atoms with Gasteiger partial charge in [0.1, 0.15) is 5.76 Å². The van der Waals surface area contributed by atoms with Crippen LogP contribution in [0.25, 0.3) is 21.9 Å². The van der Waals surface area contributed by atoms with Crippen molar-refractivity contribution in [1.82, 2.24) is 19.1 Å². The highest BCUT2D eigenvalue weighted by molar-refractivity contribution is 5.91. The second-order valence-corrected chi connectivity index (χ2v) is 8.21. The molecule has 0 aliphatic carbocycles. The summed E-state index contributed by atoms with van der Waals surface area (Å²) in [6.45, 7) is 0.449. The monoisotopic (exact) mass is 495 g/mol. The van der Waals surface area contributed by atoms with Crippen LogP contribution in [0.5, 0.6) is 0 Å². The normalized spacial score (nSPS) is 11.9. The molecule has 2 aromatic carbocycles. The summed E-state index contributed by atoms with van der Waals surface area (Å²) in [5, 5.41) is 3.18. The van der Waals surface area contributed by atoms with E-state index in [0.717, 1.165) is 12.1 Å². The van der Waals surface area contributed by atoms with Crippen LogP contribution >= 0.6 is 0 Å². The van der Waals surface area contributed by atoms with Gasteiger partial charge in [-0.15, -0.1) is 0 Å². The number of imidazole rings is 1. The zero-order valence-corrected chi connectivity index (χ0v) is 18.8. The number of benzene rings is 2. The number of carbonyl (C=O) groups excluding carboxylic acids is 1. The maximum absolute atomic E-state index is 13.2. The van der Waals surface area contributed by atoms with Crippen molar-refractivity contribution in [2.45, 2.75) is 32.1 Å². The average Bonchev–Trinajstić information content (AvgIpc) is 3.48. The van der Waals surface area contributed by atoms with Gasteiger partial charge < -0.3 is 8.98 Å². The van der Waals surface area contributed by atoms with Crippen molar-refractivity contribution in [1.29, 1.82) is 0 Å². The van der Waals surface area contributed by atoms with Gasteiger partial charge in [-0.1, -0.05) is 12.1 Å². The van der Waals surface area contributed by atoms with Crippen LogP contribution in [0.2, 0.25) is 0 Å². The van der Waals surface area contributed by atoms with Crippen LogP contribution in [0.4, 0.5) is 19.1 Å². The van der Waals surface area contributed by atoms with Gasteiger partial charge in [-0.3, -0.25) is 19.5 Å². The highest BCUT2D eigenvalue weighted by Gasteiger charge is 2.31. The summed E-state index contributed by atoms with van der Waals surface area (Å²) < 4.78 is 48.0. The minimum atomic E-state index is -4.52. The Kier molecular flexibility index (Phi) is 6.05. The summed E-state index contributed by atoms with van der Waals surface area (Å²) in [6, 6.07) is 13.7. The molecule has 5 rings (SSSR count). The number of halogens is 3. The number of hydrogen-bond donors (Lipinski definition) is 1. The summed E-state index contributed by atoms with van der Waals surface area (Å²) in [7, 11) is 0. The Labute approximate surface area is 202 Å². The van der Waals surface area contributed by atoms with E-state index in [1.54, 1.807) is 41.0 Å². The minimum absolute atomic E-state index is 0.0665. The van der Waals surface area contributed by atoms with Crippen LogP contribution in [0.15, 0.2) is 76.4 Å². The van der Waals surface area contributed by atoms with Crippen LogP contribution in [0.3, 0.4) is 0 Å². The quantitative estimate of drug-likeness (QED) is 0.349. The summed E-state index contributed by atoms with van der Waals surface area (Å²) in [4.78, 5) is 33.8. The molecule has 0 aliphatic rings. The van der Waals surface area contributed by atoms with E-state index in [1.807, 2.05) is 0 Å².